The smallest absolute Gasteiger partial charge is 0.230 e. The van der Waals surface area contributed by atoms with Crippen LogP contribution in [0, 0.1) is 6.92 Å². The highest BCUT2D eigenvalue weighted by atomic mass is 32.1. The predicted octanol–water partition coefficient (Wildman–Crippen LogP) is 3.62. The molecule has 0 aliphatic heterocycles. The van der Waals surface area contributed by atoms with Crippen LogP contribution in [0.5, 0.6) is 11.5 Å². The third kappa shape index (κ3) is 5.03. The molecule has 1 N–H and O–H groups in total. The first-order valence-corrected chi connectivity index (χ1v) is 8.93. The van der Waals surface area contributed by atoms with Gasteiger partial charge in [-0.15, -0.1) is 11.3 Å². The second kappa shape index (κ2) is 8.44. The maximum Gasteiger partial charge on any atom is 0.230 e. The molecule has 0 fully saturated rings. The highest BCUT2D eigenvalue weighted by molar-refractivity contribution is 7.09. The van der Waals surface area contributed by atoms with Gasteiger partial charge in [-0.1, -0.05) is 0 Å². The normalized spacial score (nSPS) is 10.4. The fraction of sp³-hybridized carbons (Fsp3) is 0.211. The number of methoxy groups -OCH3 is 1. The van der Waals surface area contributed by atoms with Gasteiger partial charge in [0.15, 0.2) is 0 Å². The molecule has 0 unspecified atom stereocenters. The molecule has 7 heteroatoms. The average molecular weight is 369 g/mol. The van der Waals surface area contributed by atoms with E-state index >= 15 is 0 Å². The van der Waals surface area contributed by atoms with Crippen LogP contribution in [-0.4, -0.2) is 23.0 Å². The summed E-state index contributed by atoms with van der Waals surface area (Å²) in [7, 11) is 1.60. The number of amides is 1. The van der Waals surface area contributed by atoms with E-state index in [1.807, 2.05) is 24.4 Å². The molecule has 0 spiro atoms. The number of nitrogens with one attached hydrogen (secondary N) is 1. The van der Waals surface area contributed by atoms with E-state index in [1.165, 1.54) is 11.3 Å². The number of pyridine rings is 1. The summed E-state index contributed by atoms with van der Waals surface area (Å²) in [5, 5.41) is 5.54. The van der Waals surface area contributed by atoms with Crippen molar-refractivity contribution >= 4 is 22.9 Å². The van der Waals surface area contributed by atoms with Crippen molar-refractivity contribution in [2.24, 2.45) is 0 Å². The minimum Gasteiger partial charge on any atom is -0.497 e. The van der Waals surface area contributed by atoms with Crippen LogP contribution in [0.1, 0.15) is 16.4 Å². The lowest BCUT2D eigenvalue weighted by Crippen LogP contribution is -2.14. The molecule has 3 aromatic rings. The lowest BCUT2D eigenvalue weighted by atomic mass is 10.2. The van der Waals surface area contributed by atoms with Crippen LogP contribution in [0.4, 0.5) is 5.69 Å². The zero-order chi connectivity index (χ0) is 18.4. The van der Waals surface area contributed by atoms with Gasteiger partial charge in [0.25, 0.3) is 0 Å². The molecule has 134 valence electrons. The van der Waals surface area contributed by atoms with E-state index in [0.29, 0.717) is 12.4 Å². The van der Waals surface area contributed by atoms with Crippen molar-refractivity contribution < 1.29 is 14.3 Å². The molecule has 0 bridgehead atoms. The minimum atomic E-state index is -0.115. The number of hydrogen-bond acceptors (Lipinski definition) is 6. The maximum absolute atomic E-state index is 12.1. The number of nitrogens with zero attached hydrogens (tertiary/aromatic N) is 2. The molecule has 3 rings (SSSR count). The Bertz CT molecular complexity index is 860. The highest BCUT2D eigenvalue weighted by Crippen LogP contribution is 2.17. The summed E-state index contributed by atoms with van der Waals surface area (Å²) >= 11 is 1.47. The van der Waals surface area contributed by atoms with Crippen molar-refractivity contribution in [1.29, 1.82) is 0 Å². The molecule has 1 aromatic carbocycles. The van der Waals surface area contributed by atoms with Crippen molar-refractivity contribution in [3.8, 4) is 11.5 Å². The molecule has 0 radical (unpaired) electrons. The summed E-state index contributed by atoms with van der Waals surface area (Å²) in [4.78, 5) is 20.8. The van der Waals surface area contributed by atoms with E-state index in [0.717, 1.165) is 27.8 Å². The van der Waals surface area contributed by atoms with Gasteiger partial charge in [-0.05, 0) is 43.3 Å². The molecule has 0 saturated heterocycles. The molecule has 2 heterocycles. The van der Waals surface area contributed by atoms with Crippen molar-refractivity contribution in [1.82, 2.24) is 9.97 Å². The molecule has 2 aromatic heterocycles. The van der Waals surface area contributed by atoms with Gasteiger partial charge >= 0.3 is 0 Å². The lowest BCUT2D eigenvalue weighted by Gasteiger charge is -2.05. The van der Waals surface area contributed by atoms with Crippen molar-refractivity contribution in [2.75, 3.05) is 12.4 Å². The Morgan fingerprint density at radius 2 is 1.92 bits per heavy atom. The average Bonchev–Trinajstić information content (AvgIpc) is 3.09. The Kier molecular flexibility index (Phi) is 5.80. The number of aryl methyl sites for hydroxylation is 1. The van der Waals surface area contributed by atoms with Crippen molar-refractivity contribution in [2.45, 2.75) is 20.0 Å². The molecule has 0 aliphatic rings. The Labute approximate surface area is 155 Å². The Morgan fingerprint density at radius 1 is 1.15 bits per heavy atom. The first-order valence-electron chi connectivity index (χ1n) is 8.05. The van der Waals surface area contributed by atoms with Crippen molar-refractivity contribution in [3.63, 3.8) is 0 Å². The second-order valence-corrected chi connectivity index (χ2v) is 6.55. The predicted molar refractivity (Wildman–Crippen MR) is 101 cm³/mol. The minimum absolute atomic E-state index is 0.115. The zero-order valence-corrected chi connectivity index (χ0v) is 15.4. The molecular weight excluding hydrogens is 350 g/mol. The lowest BCUT2D eigenvalue weighted by molar-refractivity contribution is -0.115. The summed E-state index contributed by atoms with van der Waals surface area (Å²) in [5.41, 5.74) is 2.39. The number of thiazole rings is 1. The summed E-state index contributed by atoms with van der Waals surface area (Å²) in [5.74, 6) is 1.33. The Balaban J connectivity index is 1.50. The van der Waals surface area contributed by atoms with Crippen LogP contribution < -0.4 is 14.8 Å². The quantitative estimate of drug-likeness (QED) is 0.689. The summed E-state index contributed by atoms with van der Waals surface area (Å²) in [6.45, 7) is 2.28. The van der Waals surface area contributed by atoms with Crippen LogP contribution in [0.3, 0.4) is 0 Å². The van der Waals surface area contributed by atoms with Crippen LogP contribution in [-0.2, 0) is 17.8 Å². The Morgan fingerprint density at radius 3 is 2.62 bits per heavy atom. The van der Waals surface area contributed by atoms with Gasteiger partial charge in [0.05, 0.1) is 25.4 Å². The maximum atomic E-state index is 12.1. The third-order valence-electron chi connectivity index (χ3n) is 3.56. The second-order valence-electron chi connectivity index (χ2n) is 5.61. The number of aromatic nitrogens is 2. The van der Waals surface area contributed by atoms with Crippen LogP contribution in [0.15, 0.2) is 48.0 Å². The van der Waals surface area contributed by atoms with E-state index in [2.05, 4.69) is 15.3 Å². The van der Waals surface area contributed by atoms with E-state index in [-0.39, 0.29) is 12.3 Å². The van der Waals surface area contributed by atoms with Gasteiger partial charge in [0, 0.05) is 16.8 Å². The van der Waals surface area contributed by atoms with Gasteiger partial charge in [0.2, 0.25) is 5.91 Å². The van der Waals surface area contributed by atoms with Gasteiger partial charge in [-0.3, -0.25) is 9.78 Å². The van der Waals surface area contributed by atoms with E-state index < -0.39 is 0 Å². The van der Waals surface area contributed by atoms with Gasteiger partial charge in [-0.25, -0.2) is 4.98 Å². The number of anilines is 1. The molecule has 0 aliphatic carbocycles. The molecule has 1 amide bonds. The number of rotatable bonds is 7. The molecule has 26 heavy (non-hydrogen) atoms. The first-order chi connectivity index (χ1) is 12.6. The van der Waals surface area contributed by atoms with Crippen molar-refractivity contribution in [3.05, 3.63) is 64.4 Å². The zero-order valence-electron chi connectivity index (χ0n) is 14.6. The topological polar surface area (TPSA) is 73.3 Å². The number of hydrogen-bond donors (Lipinski definition) is 1. The van der Waals surface area contributed by atoms with E-state index in [1.54, 1.807) is 37.6 Å². The number of benzene rings is 1. The fourth-order valence-electron chi connectivity index (χ4n) is 2.23. The van der Waals surface area contributed by atoms with Gasteiger partial charge in [0.1, 0.15) is 23.1 Å². The SMILES string of the molecule is COc1ccc(NC(=O)Cc2csc(COc3ccc(C)nc3)n2)cc1. The summed E-state index contributed by atoms with van der Waals surface area (Å²) < 4.78 is 10.8. The third-order valence-corrected chi connectivity index (χ3v) is 4.43. The van der Waals surface area contributed by atoms with Crippen LogP contribution in [0.2, 0.25) is 0 Å². The van der Waals surface area contributed by atoms with Crippen LogP contribution in [0.25, 0.3) is 0 Å². The number of ether oxygens (including phenoxy) is 2. The molecule has 0 saturated carbocycles. The number of carbonyl (C=O) groups excluding carboxylic acids is 1. The molecule has 0 atom stereocenters. The molecule has 6 nitrogen and oxygen atoms in total. The summed E-state index contributed by atoms with van der Waals surface area (Å²) in [6, 6.07) is 11.0. The van der Waals surface area contributed by atoms with Crippen LogP contribution >= 0.6 is 11.3 Å². The van der Waals surface area contributed by atoms with Gasteiger partial charge in [-0.2, -0.15) is 0 Å². The summed E-state index contributed by atoms with van der Waals surface area (Å²) in [6.07, 6.45) is 1.90. The van der Waals surface area contributed by atoms with E-state index in [9.17, 15) is 4.79 Å². The monoisotopic (exact) mass is 369 g/mol. The highest BCUT2D eigenvalue weighted by Gasteiger charge is 2.09. The standard InChI is InChI=1S/C19H19N3O3S/c1-13-3-6-17(10-20-13)25-11-19-22-15(12-26-19)9-18(23)21-14-4-7-16(24-2)8-5-14/h3-8,10,12H,9,11H2,1-2H3,(H,21,23). The fourth-order valence-corrected chi connectivity index (χ4v) is 2.93. The van der Waals surface area contributed by atoms with E-state index in [4.69, 9.17) is 9.47 Å². The Hall–Kier alpha value is -2.93. The first kappa shape index (κ1) is 17.9. The molecular formula is C19H19N3O3S. The largest absolute Gasteiger partial charge is 0.497 e. The van der Waals surface area contributed by atoms with Gasteiger partial charge < -0.3 is 14.8 Å². The number of carbonyl (C=O) groups is 1.